The van der Waals surface area contributed by atoms with Crippen LogP contribution in [0, 0.1) is 6.92 Å². The Labute approximate surface area is 119 Å². The van der Waals surface area contributed by atoms with Gasteiger partial charge in [-0.2, -0.15) is 0 Å². The summed E-state index contributed by atoms with van der Waals surface area (Å²) in [5.74, 6) is 0.913. The number of anilines is 1. The Hall–Kier alpha value is -2.29. The van der Waals surface area contributed by atoms with Crippen LogP contribution in [0.3, 0.4) is 0 Å². The molecule has 2 aromatic rings. The van der Waals surface area contributed by atoms with E-state index in [1.54, 1.807) is 7.11 Å². The van der Waals surface area contributed by atoms with Gasteiger partial charge < -0.3 is 10.5 Å². The number of rotatable bonds is 5. The maximum absolute atomic E-state index is 12.2. The van der Waals surface area contributed by atoms with Crippen LogP contribution in [0.5, 0.6) is 5.75 Å². The maximum Gasteiger partial charge on any atom is 0.141 e. The molecular formula is C17H19NO2. The topological polar surface area (TPSA) is 52.3 Å². The number of hydrogen-bond acceptors (Lipinski definition) is 3. The second-order valence-corrected chi connectivity index (χ2v) is 4.95. The normalized spacial score (nSPS) is 10.3. The van der Waals surface area contributed by atoms with Gasteiger partial charge in [0.2, 0.25) is 0 Å². The van der Waals surface area contributed by atoms with E-state index in [0.29, 0.717) is 18.5 Å². The zero-order chi connectivity index (χ0) is 14.5. The molecule has 0 aromatic heterocycles. The third kappa shape index (κ3) is 3.60. The summed E-state index contributed by atoms with van der Waals surface area (Å²) in [6, 6.07) is 13.3. The zero-order valence-electron chi connectivity index (χ0n) is 11.8. The molecule has 0 aliphatic carbocycles. The quantitative estimate of drug-likeness (QED) is 0.849. The highest BCUT2D eigenvalue weighted by atomic mass is 16.5. The van der Waals surface area contributed by atoms with Gasteiger partial charge in [-0.25, -0.2) is 0 Å². The van der Waals surface area contributed by atoms with E-state index in [1.165, 1.54) is 0 Å². The van der Waals surface area contributed by atoms with Gasteiger partial charge in [0.1, 0.15) is 11.5 Å². The summed E-state index contributed by atoms with van der Waals surface area (Å²) >= 11 is 0. The highest BCUT2D eigenvalue weighted by molar-refractivity contribution is 5.84. The first-order valence-corrected chi connectivity index (χ1v) is 6.58. The first kappa shape index (κ1) is 14.1. The molecule has 0 atom stereocenters. The van der Waals surface area contributed by atoms with E-state index in [2.05, 4.69) is 0 Å². The van der Waals surface area contributed by atoms with Crippen LogP contribution in [-0.4, -0.2) is 12.9 Å². The number of benzene rings is 2. The van der Waals surface area contributed by atoms with Crippen LogP contribution >= 0.6 is 0 Å². The smallest absolute Gasteiger partial charge is 0.141 e. The first-order valence-electron chi connectivity index (χ1n) is 6.58. The molecule has 0 aliphatic heterocycles. The summed E-state index contributed by atoms with van der Waals surface area (Å²) in [6.07, 6.45) is 0.766. The number of hydrogen-bond donors (Lipinski definition) is 1. The summed E-state index contributed by atoms with van der Waals surface area (Å²) in [7, 11) is 1.62. The number of nitrogen functional groups attached to an aromatic ring is 1. The lowest BCUT2D eigenvalue weighted by Crippen LogP contribution is -2.08. The van der Waals surface area contributed by atoms with Crippen LogP contribution in [0.1, 0.15) is 16.7 Å². The molecule has 0 radical (unpaired) electrons. The number of Topliss-reactive ketones (excluding diaryl/α,β-unsaturated/α-hetero) is 1. The monoisotopic (exact) mass is 269 g/mol. The molecule has 104 valence electrons. The fraction of sp³-hybridized carbons (Fsp3) is 0.235. The molecule has 3 nitrogen and oxygen atoms in total. The second-order valence-electron chi connectivity index (χ2n) is 4.95. The Morgan fingerprint density at radius 2 is 1.95 bits per heavy atom. The Kier molecular flexibility index (Phi) is 4.41. The number of aryl methyl sites for hydroxylation is 1. The van der Waals surface area contributed by atoms with Crippen LogP contribution < -0.4 is 10.5 Å². The summed E-state index contributed by atoms with van der Waals surface area (Å²) in [5, 5.41) is 0. The molecule has 0 heterocycles. The highest BCUT2D eigenvalue weighted by Gasteiger charge is 2.10. The van der Waals surface area contributed by atoms with Gasteiger partial charge in [-0.05, 0) is 30.7 Å². The van der Waals surface area contributed by atoms with Crippen molar-refractivity contribution < 1.29 is 9.53 Å². The Morgan fingerprint density at radius 1 is 1.15 bits per heavy atom. The Morgan fingerprint density at radius 3 is 2.65 bits per heavy atom. The van der Waals surface area contributed by atoms with Gasteiger partial charge in [0, 0.05) is 24.1 Å². The second kappa shape index (κ2) is 6.24. The van der Waals surface area contributed by atoms with Gasteiger partial charge in [-0.3, -0.25) is 4.79 Å². The standard InChI is InChI=1S/C17H19NO2/c1-12-6-7-17(20-2)14(8-12)11-16(19)10-13-4-3-5-15(18)9-13/h3-9H,10-11,18H2,1-2H3. The van der Waals surface area contributed by atoms with Crippen molar-refractivity contribution in [2.45, 2.75) is 19.8 Å². The number of ether oxygens (including phenoxy) is 1. The van der Waals surface area contributed by atoms with Crippen molar-refractivity contribution in [1.82, 2.24) is 0 Å². The molecule has 2 rings (SSSR count). The lowest BCUT2D eigenvalue weighted by molar-refractivity contribution is -0.117. The van der Waals surface area contributed by atoms with Crippen molar-refractivity contribution in [2.24, 2.45) is 0 Å². The minimum absolute atomic E-state index is 0.152. The van der Waals surface area contributed by atoms with Crippen molar-refractivity contribution in [1.29, 1.82) is 0 Å². The summed E-state index contributed by atoms with van der Waals surface area (Å²) in [4.78, 5) is 12.2. The molecule has 20 heavy (non-hydrogen) atoms. The molecule has 0 unspecified atom stereocenters. The minimum atomic E-state index is 0.152. The predicted octanol–water partition coefficient (Wildman–Crippen LogP) is 2.94. The molecular weight excluding hydrogens is 250 g/mol. The van der Waals surface area contributed by atoms with Crippen molar-refractivity contribution in [3.05, 3.63) is 59.2 Å². The highest BCUT2D eigenvalue weighted by Crippen LogP contribution is 2.21. The maximum atomic E-state index is 12.2. The van der Waals surface area contributed by atoms with Crippen LogP contribution in [-0.2, 0) is 17.6 Å². The summed E-state index contributed by atoms with van der Waals surface area (Å²) in [6.45, 7) is 2.01. The van der Waals surface area contributed by atoms with E-state index in [-0.39, 0.29) is 5.78 Å². The van der Waals surface area contributed by atoms with Gasteiger partial charge in [0.15, 0.2) is 0 Å². The average molecular weight is 269 g/mol. The average Bonchev–Trinajstić information content (AvgIpc) is 2.38. The van der Waals surface area contributed by atoms with Crippen molar-refractivity contribution in [3.8, 4) is 5.75 Å². The van der Waals surface area contributed by atoms with Crippen molar-refractivity contribution in [3.63, 3.8) is 0 Å². The lowest BCUT2D eigenvalue weighted by Gasteiger charge is -2.09. The Balaban J connectivity index is 2.10. The van der Waals surface area contributed by atoms with Gasteiger partial charge in [0.05, 0.1) is 7.11 Å². The van der Waals surface area contributed by atoms with E-state index in [4.69, 9.17) is 10.5 Å². The molecule has 0 spiro atoms. The first-order chi connectivity index (χ1) is 9.58. The van der Waals surface area contributed by atoms with Crippen LogP contribution in [0.25, 0.3) is 0 Å². The van der Waals surface area contributed by atoms with Gasteiger partial charge >= 0.3 is 0 Å². The lowest BCUT2D eigenvalue weighted by atomic mass is 10.0. The molecule has 3 heteroatoms. The fourth-order valence-corrected chi connectivity index (χ4v) is 2.25. The molecule has 2 aromatic carbocycles. The molecule has 0 fully saturated rings. The number of nitrogens with two attached hydrogens (primary N) is 1. The van der Waals surface area contributed by atoms with Gasteiger partial charge in [0.25, 0.3) is 0 Å². The number of ketones is 1. The predicted molar refractivity (Wildman–Crippen MR) is 81.0 cm³/mol. The van der Waals surface area contributed by atoms with Crippen LogP contribution in [0.15, 0.2) is 42.5 Å². The van der Waals surface area contributed by atoms with Crippen LogP contribution in [0.2, 0.25) is 0 Å². The molecule has 0 bridgehead atoms. The SMILES string of the molecule is COc1ccc(C)cc1CC(=O)Cc1cccc(N)c1. The summed E-state index contributed by atoms with van der Waals surface area (Å²) < 4.78 is 5.30. The third-order valence-corrected chi connectivity index (χ3v) is 3.18. The summed E-state index contributed by atoms with van der Waals surface area (Å²) in [5.41, 5.74) is 9.41. The van der Waals surface area contributed by atoms with E-state index in [9.17, 15) is 4.79 Å². The van der Waals surface area contributed by atoms with Crippen LogP contribution in [0.4, 0.5) is 5.69 Å². The molecule has 0 saturated carbocycles. The number of methoxy groups -OCH3 is 1. The molecule has 2 N–H and O–H groups in total. The largest absolute Gasteiger partial charge is 0.496 e. The van der Waals surface area contributed by atoms with E-state index in [0.717, 1.165) is 22.4 Å². The van der Waals surface area contributed by atoms with Gasteiger partial charge in [-0.1, -0.05) is 29.8 Å². The van der Waals surface area contributed by atoms with E-state index in [1.807, 2.05) is 49.4 Å². The molecule has 0 saturated heterocycles. The van der Waals surface area contributed by atoms with Crippen molar-refractivity contribution in [2.75, 3.05) is 12.8 Å². The number of carbonyl (C=O) groups is 1. The third-order valence-electron chi connectivity index (χ3n) is 3.18. The van der Waals surface area contributed by atoms with Gasteiger partial charge in [-0.15, -0.1) is 0 Å². The minimum Gasteiger partial charge on any atom is -0.496 e. The zero-order valence-corrected chi connectivity index (χ0v) is 11.8. The van der Waals surface area contributed by atoms with E-state index < -0.39 is 0 Å². The van der Waals surface area contributed by atoms with E-state index >= 15 is 0 Å². The fourth-order valence-electron chi connectivity index (χ4n) is 2.25. The molecule has 0 aliphatic rings. The Bertz CT molecular complexity index is 620. The molecule has 0 amide bonds. The van der Waals surface area contributed by atoms with Crippen molar-refractivity contribution >= 4 is 11.5 Å². The number of carbonyl (C=O) groups excluding carboxylic acids is 1.